The van der Waals surface area contributed by atoms with E-state index in [-0.39, 0.29) is 0 Å². The van der Waals surface area contributed by atoms with Gasteiger partial charge in [0.2, 0.25) is 0 Å². The summed E-state index contributed by atoms with van der Waals surface area (Å²) in [5.74, 6) is 0.588. The number of benzene rings is 1. The lowest BCUT2D eigenvalue weighted by Crippen LogP contribution is -2.14. The van der Waals surface area contributed by atoms with Gasteiger partial charge in [-0.05, 0) is 13.0 Å². The first-order valence-electron chi connectivity index (χ1n) is 3.80. The van der Waals surface area contributed by atoms with Crippen LogP contribution in [0.2, 0.25) is 0 Å². The molecule has 2 nitrogen and oxygen atoms in total. The van der Waals surface area contributed by atoms with Gasteiger partial charge in [0, 0.05) is 16.6 Å². The Bertz CT molecular complexity index is 294. The van der Waals surface area contributed by atoms with Gasteiger partial charge in [-0.1, -0.05) is 34.1 Å². The third-order valence-corrected chi connectivity index (χ3v) is 2.17. The Morgan fingerprint density at radius 3 is 2.75 bits per heavy atom. The molecule has 0 heterocycles. The van der Waals surface area contributed by atoms with Crippen molar-refractivity contribution in [3.63, 3.8) is 0 Å². The fourth-order valence-electron chi connectivity index (χ4n) is 0.924. The van der Waals surface area contributed by atoms with Crippen LogP contribution in [0.5, 0.6) is 0 Å². The monoisotopic (exact) mass is 226 g/mol. The van der Waals surface area contributed by atoms with E-state index in [1.165, 1.54) is 0 Å². The maximum Gasteiger partial charge on any atom is 0.126 e. The van der Waals surface area contributed by atoms with E-state index in [1.807, 2.05) is 31.2 Å². The van der Waals surface area contributed by atoms with E-state index in [0.29, 0.717) is 12.4 Å². The highest BCUT2D eigenvalue weighted by Crippen LogP contribution is 2.14. The van der Waals surface area contributed by atoms with Crippen LogP contribution in [0.4, 0.5) is 0 Å². The highest BCUT2D eigenvalue weighted by atomic mass is 79.9. The zero-order valence-corrected chi connectivity index (χ0v) is 8.51. The summed E-state index contributed by atoms with van der Waals surface area (Å²) in [4.78, 5) is 4.12. The highest BCUT2D eigenvalue weighted by molar-refractivity contribution is 9.10. The Labute approximate surface area is 80.6 Å². The summed E-state index contributed by atoms with van der Waals surface area (Å²) < 4.78 is 0.986. The van der Waals surface area contributed by atoms with Crippen molar-refractivity contribution in [1.82, 2.24) is 0 Å². The molecule has 0 unspecified atom stereocenters. The third-order valence-electron chi connectivity index (χ3n) is 1.48. The number of hydrogen-bond acceptors (Lipinski definition) is 1. The highest BCUT2D eigenvalue weighted by Gasteiger charge is 2.00. The van der Waals surface area contributed by atoms with Gasteiger partial charge in [-0.3, -0.25) is 4.99 Å². The van der Waals surface area contributed by atoms with Gasteiger partial charge in [-0.25, -0.2) is 0 Å². The first-order chi connectivity index (χ1) is 5.75. The summed E-state index contributed by atoms with van der Waals surface area (Å²) in [5.41, 5.74) is 6.68. The lowest BCUT2D eigenvalue weighted by Gasteiger charge is -2.01. The molecule has 1 aromatic carbocycles. The maximum atomic E-state index is 5.73. The van der Waals surface area contributed by atoms with Crippen molar-refractivity contribution >= 4 is 21.8 Å². The van der Waals surface area contributed by atoms with Crippen molar-refractivity contribution in [2.45, 2.75) is 6.92 Å². The van der Waals surface area contributed by atoms with E-state index < -0.39 is 0 Å². The standard InChI is InChI=1S/C9H11BrN2/c1-2-12-9(11)7-5-3-4-6-8(7)10/h3-6H,2H2,1H3,(H2,11,12). The lowest BCUT2D eigenvalue weighted by atomic mass is 10.2. The molecule has 1 rings (SSSR count). The number of nitrogens with two attached hydrogens (primary N) is 1. The Kier molecular flexibility index (Phi) is 3.29. The Balaban J connectivity index is 3.02. The molecule has 0 fully saturated rings. The van der Waals surface area contributed by atoms with Crippen LogP contribution in [-0.2, 0) is 0 Å². The van der Waals surface area contributed by atoms with Gasteiger partial charge in [0.05, 0.1) is 0 Å². The molecule has 12 heavy (non-hydrogen) atoms. The number of hydrogen-bond donors (Lipinski definition) is 1. The second kappa shape index (κ2) is 4.26. The van der Waals surface area contributed by atoms with Gasteiger partial charge in [0.1, 0.15) is 5.84 Å². The average Bonchev–Trinajstić information content (AvgIpc) is 2.05. The van der Waals surface area contributed by atoms with Crippen molar-refractivity contribution in [2.75, 3.05) is 6.54 Å². The molecule has 0 aliphatic carbocycles. The number of halogens is 1. The predicted octanol–water partition coefficient (Wildman–Crippen LogP) is 2.17. The summed E-state index contributed by atoms with van der Waals surface area (Å²) in [6.45, 7) is 2.68. The van der Waals surface area contributed by atoms with Crippen molar-refractivity contribution in [1.29, 1.82) is 0 Å². The fourth-order valence-corrected chi connectivity index (χ4v) is 1.41. The average molecular weight is 227 g/mol. The Hall–Kier alpha value is -0.830. The predicted molar refractivity (Wildman–Crippen MR) is 55.4 cm³/mol. The molecule has 0 bridgehead atoms. The molecule has 0 aliphatic heterocycles. The fraction of sp³-hybridized carbons (Fsp3) is 0.222. The van der Waals surface area contributed by atoms with Gasteiger partial charge in [-0.2, -0.15) is 0 Å². The molecule has 3 heteroatoms. The molecule has 0 saturated heterocycles. The van der Waals surface area contributed by atoms with Crippen molar-refractivity contribution in [2.24, 2.45) is 10.7 Å². The van der Waals surface area contributed by atoms with E-state index in [2.05, 4.69) is 20.9 Å². The van der Waals surface area contributed by atoms with Crippen LogP contribution >= 0.6 is 15.9 Å². The number of amidine groups is 1. The third kappa shape index (κ3) is 2.08. The van der Waals surface area contributed by atoms with E-state index in [9.17, 15) is 0 Å². The number of aliphatic imine (C=N–C) groups is 1. The van der Waals surface area contributed by atoms with Crippen molar-refractivity contribution < 1.29 is 0 Å². The van der Waals surface area contributed by atoms with Crippen LogP contribution in [0.25, 0.3) is 0 Å². The number of nitrogens with zero attached hydrogens (tertiary/aromatic N) is 1. The largest absolute Gasteiger partial charge is 0.383 e. The molecular formula is C9H11BrN2. The van der Waals surface area contributed by atoms with E-state index in [4.69, 9.17) is 5.73 Å². The molecular weight excluding hydrogens is 216 g/mol. The van der Waals surface area contributed by atoms with Gasteiger partial charge < -0.3 is 5.73 Å². The van der Waals surface area contributed by atoms with Crippen LogP contribution in [0.3, 0.4) is 0 Å². The zero-order valence-electron chi connectivity index (χ0n) is 6.92. The number of rotatable bonds is 2. The van der Waals surface area contributed by atoms with Crippen molar-refractivity contribution in [3.8, 4) is 0 Å². The quantitative estimate of drug-likeness (QED) is 0.610. The zero-order chi connectivity index (χ0) is 8.97. The lowest BCUT2D eigenvalue weighted by molar-refractivity contribution is 1.12. The topological polar surface area (TPSA) is 38.4 Å². The molecule has 0 atom stereocenters. The van der Waals surface area contributed by atoms with Gasteiger partial charge in [-0.15, -0.1) is 0 Å². The van der Waals surface area contributed by atoms with Crippen LogP contribution in [0.1, 0.15) is 12.5 Å². The van der Waals surface area contributed by atoms with Gasteiger partial charge >= 0.3 is 0 Å². The molecule has 0 aliphatic rings. The van der Waals surface area contributed by atoms with Crippen molar-refractivity contribution in [3.05, 3.63) is 34.3 Å². The molecule has 0 saturated carbocycles. The summed E-state index contributed by atoms with van der Waals surface area (Å²) in [7, 11) is 0. The molecule has 1 aromatic rings. The van der Waals surface area contributed by atoms with E-state index in [1.54, 1.807) is 0 Å². The molecule has 2 N–H and O–H groups in total. The minimum Gasteiger partial charge on any atom is -0.383 e. The molecule has 0 spiro atoms. The van der Waals surface area contributed by atoms with Gasteiger partial charge in [0.25, 0.3) is 0 Å². The Morgan fingerprint density at radius 1 is 1.50 bits per heavy atom. The van der Waals surface area contributed by atoms with Crippen LogP contribution in [-0.4, -0.2) is 12.4 Å². The second-order valence-corrected chi connectivity index (χ2v) is 3.19. The van der Waals surface area contributed by atoms with Gasteiger partial charge in [0.15, 0.2) is 0 Å². The first kappa shape index (κ1) is 9.26. The SMILES string of the molecule is CCN=C(N)c1ccccc1Br. The molecule has 0 amide bonds. The van der Waals surface area contributed by atoms with E-state index >= 15 is 0 Å². The van der Waals surface area contributed by atoms with Crippen LogP contribution < -0.4 is 5.73 Å². The summed E-state index contributed by atoms with van der Waals surface area (Å²) in [6, 6.07) is 7.79. The molecule has 0 aromatic heterocycles. The van der Waals surface area contributed by atoms with E-state index in [0.717, 1.165) is 10.0 Å². The minimum atomic E-state index is 0.588. The summed E-state index contributed by atoms with van der Waals surface area (Å²) >= 11 is 3.41. The summed E-state index contributed by atoms with van der Waals surface area (Å²) in [5, 5.41) is 0. The molecule has 64 valence electrons. The normalized spacial score (nSPS) is 11.7. The maximum absolute atomic E-state index is 5.73. The van der Waals surface area contributed by atoms with Crippen LogP contribution in [0, 0.1) is 0 Å². The minimum absolute atomic E-state index is 0.588. The molecule has 0 radical (unpaired) electrons. The summed E-state index contributed by atoms with van der Waals surface area (Å²) in [6.07, 6.45) is 0. The smallest absolute Gasteiger partial charge is 0.126 e. The first-order valence-corrected chi connectivity index (χ1v) is 4.59. The Morgan fingerprint density at radius 2 is 2.17 bits per heavy atom. The second-order valence-electron chi connectivity index (χ2n) is 2.34. The van der Waals surface area contributed by atoms with Crippen LogP contribution in [0.15, 0.2) is 33.7 Å².